The Labute approximate surface area is 74.7 Å². The van der Waals surface area contributed by atoms with Crippen molar-refractivity contribution in [1.29, 1.82) is 0 Å². The van der Waals surface area contributed by atoms with Crippen LogP contribution in [0, 0.1) is 0 Å². The molecule has 1 unspecified atom stereocenters. The van der Waals surface area contributed by atoms with Gasteiger partial charge in [0.05, 0.1) is 6.20 Å². The molecule has 1 heterocycles. The molecule has 0 saturated carbocycles. The predicted molar refractivity (Wildman–Crippen MR) is 49.8 cm³/mol. The number of nitrogens with two attached hydrogens (primary N) is 1. The van der Waals surface area contributed by atoms with E-state index in [1.54, 1.807) is 6.20 Å². The number of nitrogens with zero attached hydrogens (tertiary/aromatic N) is 1. The summed E-state index contributed by atoms with van der Waals surface area (Å²) >= 11 is 7.11. The molecule has 0 fully saturated rings. The Morgan fingerprint density at radius 1 is 1.82 bits per heavy atom. The highest BCUT2D eigenvalue weighted by atomic mass is 35.5. The number of hydrogen-bond acceptors (Lipinski definition) is 3. The zero-order valence-electron chi connectivity index (χ0n) is 6.12. The van der Waals surface area contributed by atoms with Gasteiger partial charge in [0, 0.05) is 6.04 Å². The molecular weight excluding hydrogens is 180 g/mol. The molecule has 0 amide bonds. The number of hydrogen-bond donors (Lipinski definition) is 1. The SMILES string of the molecule is CC(N)/C=C/c1ncc(Cl)s1. The summed E-state index contributed by atoms with van der Waals surface area (Å²) in [5, 5.41) is 0.896. The monoisotopic (exact) mass is 188 g/mol. The Balaban J connectivity index is 2.64. The molecular formula is C7H9ClN2S. The molecule has 0 aliphatic rings. The lowest BCUT2D eigenvalue weighted by molar-refractivity contribution is 0.930. The van der Waals surface area contributed by atoms with Gasteiger partial charge in [-0.2, -0.15) is 0 Å². The standard InChI is InChI=1S/C7H9ClN2S/c1-5(9)2-3-7-10-4-6(8)11-7/h2-5H,9H2,1H3/b3-2+. The Bertz CT molecular complexity index is 255. The maximum atomic E-state index is 5.67. The third-order valence-corrected chi connectivity index (χ3v) is 2.12. The van der Waals surface area contributed by atoms with Crippen LogP contribution in [0.4, 0.5) is 0 Å². The van der Waals surface area contributed by atoms with Gasteiger partial charge in [0.25, 0.3) is 0 Å². The van der Waals surface area contributed by atoms with Crippen molar-refractivity contribution in [3.05, 3.63) is 21.6 Å². The molecule has 11 heavy (non-hydrogen) atoms. The van der Waals surface area contributed by atoms with E-state index in [9.17, 15) is 0 Å². The largest absolute Gasteiger partial charge is 0.325 e. The summed E-state index contributed by atoms with van der Waals surface area (Å²) in [5.74, 6) is 0. The van der Waals surface area contributed by atoms with E-state index < -0.39 is 0 Å². The maximum Gasteiger partial charge on any atom is 0.117 e. The highest BCUT2D eigenvalue weighted by molar-refractivity contribution is 7.16. The lowest BCUT2D eigenvalue weighted by atomic mass is 10.3. The topological polar surface area (TPSA) is 38.9 Å². The molecule has 1 aromatic heterocycles. The lowest BCUT2D eigenvalue weighted by Gasteiger charge is -1.90. The molecule has 0 aliphatic carbocycles. The molecule has 0 aliphatic heterocycles. The Kier molecular flexibility index (Phi) is 3.05. The van der Waals surface area contributed by atoms with Crippen molar-refractivity contribution in [2.45, 2.75) is 13.0 Å². The van der Waals surface area contributed by atoms with Crippen LogP contribution in [0.2, 0.25) is 4.34 Å². The Morgan fingerprint density at radius 3 is 3.00 bits per heavy atom. The van der Waals surface area contributed by atoms with Crippen LogP contribution in [0.25, 0.3) is 6.08 Å². The first-order valence-electron chi connectivity index (χ1n) is 3.23. The van der Waals surface area contributed by atoms with Crippen molar-refractivity contribution >= 4 is 29.0 Å². The van der Waals surface area contributed by atoms with Crippen molar-refractivity contribution < 1.29 is 0 Å². The number of rotatable bonds is 2. The van der Waals surface area contributed by atoms with Crippen molar-refractivity contribution in [3.63, 3.8) is 0 Å². The van der Waals surface area contributed by atoms with E-state index >= 15 is 0 Å². The predicted octanol–water partition coefficient (Wildman–Crippen LogP) is 2.16. The van der Waals surface area contributed by atoms with Gasteiger partial charge >= 0.3 is 0 Å². The van der Waals surface area contributed by atoms with Crippen molar-refractivity contribution in [2.24, 2.45) is 5.73 Å². The van der Waals surface area contributed by atoms with Crippen LogP contribution < -0.4 is 5.73 Å². The van der Waals surface area contributed by atoms with Crippen LogP contribution in [0.5, 0.6) is 0 Å². The molecule has 4 heteroatoms. The molecule has 1 atom stereocenters. The summed E-state index contributed by atoms with van der Waals surface area (Å²) in [7, 11) is 0. The van der Waals surface area contributed by atoms with E-state index in [0.29, 0.717) is 4.34 Å². The van der Waals surface area contributed by atoms with Crippen molar-refractivity contribution in [2.75, 3.05) is 0 Å². The minimum absolute atomic E-state index is 0.0673. The first-order chi connectivity index (χ1) is 5.18. The summed E-state index contributed by atoms with van der Waals surface area (Å²) in [6.07, 6.45) is 5.39. The van der Waals surface area contributed by atoms with E-state index in [0.717, 1.165) is 5.01 Å². The van der Waals surface area contributed by atoms with Gasteiger partial charge in [-0.1, -0.05) is 17.7 Å². The van der Waals surface area contributed by atoms with Gasteiger partial charge in [-0.15, -0.1) is 11.3 Å². The molecule has 60 valence electrons. The van der Waals surface area contributed by atoms with Crippen LogP contribution in [0.3, 0.4) is 0 Å². The van der Waals surface area contributed by atoms with Gasteiger partial charge in [0.15, 0.2) is 0 Å². The summed E-state index contributed by atoms with van der Waals surface area (Å²) in [5.41, 5.74) is 5.50. The van der Waals surface area contributed by atoms with Crippen LogP contribution in [0.1, 0.15) is 11.9 Å². The highest BCUT2D eigenvalue weighted by Crippen LogP contribution is 2.19. The van der Waals surface area contributed by atoms with Crippen LogP contribution in [-0.4, -0.2) is 11.0 Å². The maximum absolute atomic E-state index is 5.67. The van der Waals surface area contributed by atoms with Crippen LogP contribution >= 0.6 is 22.9 Å². The molecule has 1 rings (SSSR count). The molecule has 0 bridgehead atoms. The van der Waals surface area contributed by atoms with Gasteiger partial charge < -0.3 is 5.73 Å². The average Bonchev–Trinajstić information content (AvgIpc) is 2.31. The number of thiazole rings is 1. The molecule has 0 spiro atoms. The minimum Gasteiger partial charge on any atom is -0.325 e. The summed E-state index contributed by atoms with van der Waals surface area (Å²) < 4.78 is 0.703. The second-order valence-electron chi connectivity index (χ2n) is 2.22. The first kappa shape index (κ1) is 8.71. The van der Waals surface area contributed by atoms with Gasteiger partial charge in [-0.05, 0) is 13.0 Å². The van der Waals surface area contributed by atoms with E-state index in [1.807, 2.05) is 19.1 Å². The van der Waals surface area contributed by atoms with Crippen LogP contribution in [0.15, 0.2) is 12.3 Å². The van der Waals surface area contributed by atoms with Crippen LogP contribution in [-0.2, 0) is 0 Å². The number of halogens is 1. The van der Waals surface area contributed by atoms with Gasteiger partial charge in [-0.25, -0.2) is 4.98 Å². The zero-order valence-corrected chi connectivity index (χ0v) is 7.69. The van der Waals surface area contributed by atoms with E-state index in [4.69, 9.17) is 17.3 Å². The molecule has 1 aromatic rings. The fourth-order valence-electron chi connectivity index (χ4n) is 0.578. The number of aromatic nitrogens is 1. The fraction of sp³-hybridized carbons (Fsp3) is 0.286. The normalized spacial score (nSPS) is 14.1. The third-order valence-electron chi connectivity index (χ3n) is 1.04. The molecule has 0 radical (unpaired) electrons. The summed E-state index contributed by atoms with van der Waals surface area (Å²) in [4.78, 5) is 4.03. The van der Waals surface area contributed by atoms with E-state index in [2.05, 4.69) is 4.98 Å². The van der Waals surface area contributed by atoms with Gasteiger partial charge in [-0.3, -0.25) is 0 Å². The van der Waals surface area contributed by atoms with Gasteiger partial charge in [0.2, 0.25) is 0 Å². The second kappa shape index (κ2) is 3.85. The Hall–Kier alpha value is -0.380. The fourth-order valence-corrected chi connectivity index (χ4v) is 1.42. The zero-order chi connectivity index (χ0) is 8.27. The highest BCUT2D eigenvalue weighted by Gasteiger charge is 1.94. The molecule has 0 saturated heterocycles. The summed E-state index contributed by atoms with van der Waals surface area (Å²) in [6, 6.07) is 0.0673. The Morgan fingerprint density at radius 2 is 2.55 bits per heavy atom. The van der Waals surface area contributed by atoms with E-state index in [1.165, 1.54) is 11.3 Å². The average molecular weight is 189 g/mol. The van der Waals surface area contributed by atoms with Gasteiger partial charge in [0.1, 0.15) is 9.34 Å². The minimum atomic E-state index is 0.0673. The molecule has 2 nitrogen and oxygen atoms in total. The molecule has 2 N–H and O–H groups in total. The third kappa shape index (κ3) is 3.01. The summed E-state index contributed by atoms with van der Waals surface area (Å²) in [6.45, 7) is 1.91. The van der Waals surface area contributed by atoms with Crippen molar-refractivity contribution in [1.82, 2.24) is 4.98 Å². The lowest BCUT2D eigenvalue weighted by Crippen LogP contribution is -2.09. The van der Waals surface area contributed by atoms with E-state index in [-0.39, 0.29) is 6.04 Å². The first-order valence-corrected chi connectivity index (χ1v) is 4.43. The van der Waals surface area contributed by atoms with Crippen molar-refractivity contribution in [3.8, 4) is 0 Å². The molecule has 0 aromatic carbocycles. The second-order valence-corrected chi connectivity index (χ2v) is 3.91. The smallest absolute Gasteiger partial charge is 0.117 e. The quantitative estimate of drug-likeness (QED) is 0.773.